The largest absolute Gasteiger partial charge is 0.352 e. The van der Waals surface area contributed by atoms with Crippen LogP contribution in [0, 0.1) is 19.3 Å². The Morgan fingerprint density at radius 3 is 3.18 bits per heavy atom. The van der Waals surface area contributed by atoms with Gasteiger partial charge in [-0.3, -0.25) is 0 Å². The number of terminal acetylenes is 1. The van der Waals surface area contributed by atoms with Gasteiger partial charge in [-0.25, -0.2) is 0 Å². The van der Waals surface area contributed by atoms with E-state index in [4.69, 9.17) is 6.42 Å². The molecular formula is C8H8N2S. The molecule has 0 amide bonds. The Morgan fingerprint density at radius 1 is 1.82 bits per heavy atom. The molecular weight excluding hydrogens is 156 g/mol. The van der Waals surface area contributed by atoms with Gasteiger partial charge in [0, 0.05) is 12.3 Å². The van der Waals surface area contributed by atoms with Crippen LogP contribution in [-0.4, -0.2) is 4.37 Å². The van der Waals surface area contributed by atoms with Gasteiger partial charge in [-0.1, -0.05) is 5.92 Å². The second kappa shape index (κ2) is 3.79. The second-order valence-electron chi connectivity index (χ2n) is 1.98. The van der Waals surface area contributed by atoms with Gasteiger partial charge in [0.05, 0.1) is 5.69 Å². The Balaban J connectivity index is 2.53. The molecule has 0 aromatic carbocycles. The second-order valence-corrected chi connectivity index (χ2v) is 2.78. The quantitative estimate of drug-likeness (QED) is 0.676. The summed E-state index contributed by atoms with van der Waals surface area (Å²) in [5.41, 5.74) is 1.02. The maximum atomic E-state index is 5.01. The highest BCUT2D eigenvalue weighted by Gasteiger charge is 1.92. The fourth-order valence-corrected chi connectivity index (χ4v) is 1.24. The van der Waals surface area contributed by atoms with E-state index in [0.29, 0.717) is 0 Å². The minimum Gasteiger partial charge on any atom is -0.352 e. The number of allylic oxidation sites excluding steroid dienone is 1. The predicted molar refractivity (Wildman–Crippen MR) is 48.4 cm³/mol. The lowest BCUT2D eigenvalue weighted by atomic mass is 10.5. The molecule has 0 atom stereocenters. The Morgan fingerprint density at radius 2 is 2.64 bits per heavy atom. The number of hydrogen-bond donors (Lipinski definition) is 1. The van der Waals surface area contributed by atoms with Crippen molar-refractivity contribution < 1.29 is 0 Å². The zero-order valence-corrected chi connectivity index (χ0v) is 6.98. The third-order valence-corrected chi connectivity index (χ3v) is 1.84. The maximum Gasteiger partial charge on any atom is 0.113 e. The molecule has 0 unspecified atom stereocenters. The van der Waals surface area contributed by atoms with Crippen molar-refractivity contribution in [1.82, 2.24) is 4.37 Å². The standard InChI is InChI=1S/C8H8N2S/c1-3-4-5-9-8-6-7(2)10-11-8/h1,4-6,9H,2H3/b5-4-. The van der Waals surface area contributed by atoms with Crippen molar-refractivity contribution in [1.29, 1.82) is 0 Å². The van der Waals surface area contributed by atoms with Crippen LogP contribution in [0.4, 0.5) is 5.00 Å². The third-order valence-electron chi connectivity index (χ3n) is 1.03. The van der Waals surface area contributed by atoms with Gasteiger partial charge in [-0.05, 0) is 24.5 Å². The fraction of sp³-hybridized carbons (Fsp3) is 0.125. The van der Waals surface area contributed by atoms with Gasteiger partial charge in [-0.2, -0.15) is 4.37 Å². The summed E-state index contributed by atoms with van der Waals surface area (Å²) in [5.74, 6) is 2.39. The van der Waals surface area contributed by atoms with Gasteiger partial charge in [0.15, 0.2) is 0 Å². The van der Waals surface area contributed by atoms with Crippen LogP contribution in [0.25, 0.3) is 0 Å². The topological polar surface area (TPSA) is 24.9 Å². The number of anilines is 1. The Hall–Kier alpha value is -1.27. The van der Waals surface area contributed by atoms with Crippen molar-refractivity contribution in [2.24, 2.45) is 0 Å². The van der Waals surface area contributed by atoms with Gasteiger partial charge in [0.2, 0.25) is 0 Å². The van der Waals surface area contributed by atoms with Crippen LogP contribution in [0.1, 0.15) is 5.69 Å². The monoisotopic (exact) mass is 164 g/mol. The summed E-state index contributed by atoms with van der Waals surface area (Å²) in [4.78, 5) is 0. The summed E-state index contributed by atoms with van der Waals surface area (Å²) in [5, 5.41) is 4.01. The van der Waals surface area contributed by atoms with E-state index in [2.05, 4.69) is 15.6 Å². The Kier molecular flexibility index (Phi) is 2.70. The molecule has 0 spiro atoms. The molecule has 3 heteroatoms. The van der Waals surface area contributed by atoms with Gasteiger partial charge in [0.1, 0.15) is 5.00 Å². The number of nitrogens with zero attached hydrogens (tertiary/aromatic N) is 1. The Bertz CT molecular complexity index is 293. The summed E-state index contributed by atoms with van der Waals surface area (Å²) in [6.45, 7) is 1.95. The molecule has 1 rings (SSSR count). The summed E-state index contributed by atoms with van der Waals surface area (Å²) in [7, 11) is 0. The molecule has 0 saturated carbocycles. The molecule has 56 valence electrons. The predicted octanol–water partition coefficient (Wildman–Crippen LogP) is 2.01. The van der Waals surface area contributed by atoms with Crippen LogP contribution in [0.5, 0.6) is 0 Å². The lowest BCUT2D eigenvalue weighted by molar-refractivity contribution is 1.35. The lowest BCUT2D eigenvalue weighted by Crippen LogP contribution is -1.80. The molecule has 1 aromatic rings. The molecule has 0 aliphatic carbocycles. The average Bonchev–Trinajstić information content (AvgIpc) is 2.37. The SMILES string of the molecule is C#C/C=C\Nc1cc(C)ns1. The normalized spacial score (nSPS) is 9.82. The molecule has 0 aliphatic heterocycles. The minimum atomic E-state index is 1.01. The molecule has 2 nitrogen and oxygen atoms in total. The highest BCUT2D eigenvalue weighted by Crippen LogP contribution is 2.14. The van der Waals surface area contributed by atoms with Gasteiger partial charge in [0.25, 0.3) is 0 Å². The Labute approximate surface area is 70.1 Å². The first-order valence-electron chi connectivity index (χ1n) is 3.14. The van der Waals surface area contributed by atoms with Crippen LogP contribution in [0.15, 0.2) is 18.3 Å². The number of aromatic nitrogens is 1. The summed E-state index contributed by atoms with van der Waals surface area (Å²) >= 11 is 1.42. The maximum absolute atomic E-state index is 5.01. The van der Waals surface area contributed by atoms with Crippen LogP contribution < -0.4 is 5.32 Å². The van der Waals surface area contributed by atoms with E-state index in [1.165, 1.54) is 11.5 Å². The molecule has 0 aliphatic rings. The van der Waals surface area contributed by atoms with Gasteiger partial charge in [-0.15, -0.1) is 6.42 Å². The first-order valence-corrected chi connectivity index (χ1v) is 3.91. The first kappa shape index (κ1) is 7.83. The smallest absolute Gasteiger partial charge is 0.113 e. The third kappa shape index (κ3) is 2.44. The van der Waals surface area contributed by atoms with Crippen molar-refractivity contribution in [3.8, 4) is 12.3 Å². The summed E-state index contributed by atoms with van der Waals surface area (Å²) in [6.07, 6.45) is 8.33. The zero-order chi connectivity index (χ0) is 8.10. The first-order chi connectivity index (χ1) is 5.33. The van der Waals surface area contributed by atoms with Crippen LogP contribution in [-0.2, 0) is 0 Å². The van der Waals surface area contributed by atoms with Crippen LogP contribution >= 0.6 is 11.5 Å². The van der Waals surface area contributed by atoms with Gasteiger partial charge < -0.3 is 5.32 Å². The van der Waals surface area contributed by atoms with E-state index >= 15 is 0 Å². The number of hydrogen-bond acceptors (Lipinski definition) is 3. The molecule has 11 heavy (non-hydrogen) atoms. The highest BCUT2D eigenvalue weighted by molar-refractivity contribution is 7.10. The molecule has 0 radical (unpaired) electrons. The van der Waals surface area contributed by atoms with E-state index in [-0.39, 0.29) is 0 Å². The van der Waals surface area contributed by atoms with E-state index < -0.39 is 0 Å². The highest BCUT2D eigenvalue weighted by atomic mass is 32.1. The van der Waals surface area contributed by atoms with E-state index in [9.17, 15) is 0 Å². The molecule has 1 N–H and O–H groups in total. The van der Waals surface area contributed by atoms with Gasteiger partial charge >= 0.3 is 0 Å². The van der Waals surface area contributed by atoms with E-state index in [0.717, 1.165) is 10.7 Å². The van der Waals surface area contributed by atoms with Crippen molar-refractivity contribution >= 4 is 16.5 Å². The molecule has 0 bridgehead atoms. The van der Waals surface area contributed by atoms with Crippen molar-refractivity contribution in [2.45, 2.75) is 6.92 Å². The number of rotatable bonds is 2. The number of nitrogens with one attached hydrogen (secondary N) is 1. The average molecular weight is 164 g/mol. The van der Waals surface area contributed by atoms with E-state index in [1.807, 2.05) is 13.0 Å². The number of aryl methyl sites for hydroxylation is 1. The minimum absolute atomic E-state index is 1.01. The molecule has 1 aromatic heterocycles. The molecule has 0 saturated heterocycles. The zero-order valence-electron chi connectivity index (χ0n) is 6.16. The molecule has 0 fully saturated rings. The van der Waals surface area contributed by atoms with Crippen LogP contribution in [0.2, 0.25) is 0 Å². The molecule has 1 heterocycles. The summed E-state index contributed by atoms with van der Waals surface area (Å²) < 4.78 is 4.09. The van der Waals surface area contributed by atoms with Crippen molar-refractivity contribution in [2.75, 3.05) is 5.32 Å². The van der Waals surface area contributed by atoms with Crippen molar-refractivity contribution in [3.05, 3.63) is 24.0 Å². The lowest BCUT2D eigenvalue weighted by Gasteiger charge is -1.88. The van der Waals surface area contributed by atoms with Crippen molar-refractivity contribution in [3.63, 3.8) is 0 Å². The summed E-state index contributed by atoms with van der Waals surface area (Å²) in [6, 6.07) is 1.96. The van der Waals surface area contributed by atoms with Crippen LogP contribution in [0.3, 0.4) is 0 Å². The van der Waals surface area contributed by atoms with E-state index in [1.54, 1.807) is 12.3 Å². The fourth-order valence-electron chi connectivity index (χ4n) is 0.604.